The third-order valence-corrected chi connectivity index (χ3v) is 2.88. The van der Waals surface area contributed by atoms with Gasteiger partial charge in [0.25, 0.3) is 5.56 Å². The van der Waals surface area contributed by atoms with E-state index in [0.29, 0.717) is 16.5 Å². The van der Waals surface area contributed by atoms with Crippen LogP contribution in [0.15, 0.2) is 21.4 Å². The van der Waals surface area contributed by atoms with E-state index < -0.39 is 0 Å². The number of nitrogens with zero attached hydrogens (tertiary/aromatic N) is 2. The predicted molar refractivity (Wildman–Crippen MR) is 59.4 cm³/mol. The molecule has 1 aromatic heterocycles. The highest BCUT2D eigenvalue weighted by atomic mass is 79.9. The monoisotopic (exact) mass is 270 g/mol. The molecule has 0 radical (unpaired) electrons. The molecule has 0 unspecified atom stereocenters. The second-order valence-corrected chi connectivity index (χ2v) is 4.18. The summed E-state index contributed by atoms with van der Waals surface area (Å²) in [5, 5.41) is 5.02. The first-order chi connectivity index (χ1) is 7.00. The third kappa shape index (κ3) is 1.56. The second kappa shape index (κ2) is 3.41. The van der Waals surface area contributed by atoms with Crippen molar-refractivity contribution in [1.29, 1.82) is 0 Å². The fraction of sp³-hybridized carbons (Fsp3) is 0.200. The van der Waals surface area contributed by atoms with E-state index in [4.69, 9.17) is 0 Å². The van der Waals surface area contributed by atoms with Crippen LogP contribution in [0, 0.1) is 12.7 Å². The third-order valence-electron chi connectivity index (χ3n) is 2.27. The molecule has 0 saturated carbocycles. The van der Waals surface area contributed by atoms with Gasteiger partial charge in [-0.05, 0) is 35.0 Å². The molecule has 0 atom stereocenters. The first kappa shape index (κ1) is 10.3. The molecule has 0 N–H and O–H groups in total. The van der Waals surface area contributed by atoms with Crippen LogP contribution < -0.4 is 5.56 Å². The van der Waals surface area contributed by atoms with Gasteiger partial charge in [0.1, 0.15) is 5.82 Å². The number of halogens is 2. The summed E-state index contributed by atoms with van der Waals surface area (Å²) in [6.45, 7) is 1.75. The highest BCUT2D eigenvalue weighted by Crippen LogP contribution is 2.22. The summed E-state index contributed by atoms with van der Waals surface area (Å²) in [5.41, 5.74) is 0.412. The summed E-state index contributed by atoms with van der Waals surface area (Å²) < 4.78 is 14.8. The van der Waals surface area contributed by atoms with E-state index in [1.165, 1.54) is 16.8 Å². The van der Waals surface area contributed by atoms with Crippen LogP contribution in [-0.4, -0.2) is 9.78 Å². The number of fused-ring (bicyclic) bond motifs is 1. The van der Waals surface area contributed by atoms with Crippen LogP contribution in [0.4, 0.5) is 4.39 Å². The number of aryl methyl sites for hydroxylation is 2. The Bertz CT molecular complexity index is 606. The molecular formula is C10H8BrFN2O. The molecule has 0 bridgehead atoms. The Morgan fingerprint density at radius 2 is 2.07 bits per heavy atom. The van der Waals surface area contributed by atoms with Crippen molar-refractivity contribution in [2.75, 3.05) is 0 Å². The summed E-state index contributed by atoms with van der Waals surface area (Å²) in [6.07, 6.45) is 0. The Balaban J connectivity index is 3.04. The fourth-order valence-electron chi connectivity index (χ4n) is 1.52. The first-order valence-corrected chi connectivity index (χ1v) is 5.12. The molecule has 5 heteroatoms. The van der Waals surface area contributed by atoms with Crippen molar-refractivity contribution in [3.8, 4) is 0 Å². The zero-order chi connectivity index (χ0) is 11.2. The van der Waals surface area contributed by atoms with Crippen molar-refractivity contribution >= 4 is 26.7 Å². The van der Waals surface area contributed by atoms with Crippen molar-refractivity contribution in [3.05, 3.63) is 38.5 Å². The lowest BCUT2D eigenvalue weighted by molar-refractivity contribution is 0.622. The summed E-state index contributed by atoms with van der Waals surface area (Å²) in [4.78, 5) is 11.7. The summed E-state index contributed by atoms with van der Waals surface area (Å²) in [6, 6.07) is 2.81. The molecule has 0 saturated heterocycles. The Hall–Kier alpha value is -1.23. The van der Waals surface area contributed by atoms with E-state index in [1.54, 1.807) is 14.0 Å². The minimum atomic E-state index is -0.388. The lowest BCUT2D eigenvalue weighted by Crippen LogP contribution is -2.20. The van der Waals surface area contributed by atoms with Crippen LogP contribution in [0.3, 0.4) is 0 Å². The lowest BCUT2D eigenvalue weighted by Gasteiger charge is -2.05. The lowest BCUT2D eigenvalue weighted by atomic mass is 10.1. The molecule has 78 valence electrons. The molecule has 0 aliphatic heterocycles. The van der Waals surface area contributed by atoms with Crippen molar-refractivity contribution in [3.63, 3.8) is 0 Å². The van der Waals surface area contributed by atoms with Gasteiger partial charge in [-0.15, -0.1) is 0 Å². The van der Waals surface area contributed by atoms with Crippen LogP contribution >= 0.6 is 15.9 Å². The molecule has 0 aliphatic rings. The molecule has 0 fully saturated rings. The quantitative estimate of drug-likeness (QED) is 0.735. The van der Waals surface area contributed by atoms with Gasteiger partial charge in [0.15, 0.2) is 0 Å². The molecule has 0 aliphatic carbocycles. The van der Waals surface area contributed by atoms with Gasteiger partial charge in [-0.1, -0.05) is 0 Å². The van der Waals surface area contributed by atoms with Gasteiger partial charge in [-0.3, -0.25) is 4.79 Å². The minimum absolute atomic E-state index is 0.226. The number of aromatic nitrogens is 2. The molecule has 1 aromatic carbocycles. The smallest absolute Gasteiger partial charge is 0.267 e. The van der Waals surface area contributed by atoms with Crippen molar-refractivity contribution in [2.24, 2.45) is 7.05 Å². The van der Waals surface area contributed by atoms with Crippen LogP contribution in [0.5, 0.6) is 0 Å². The zero-order valence-corrected chi connectivity index (χ0v) is 9.80. The van der Waals surface area contributed by atoms with Gasteiger partial charge in [0.05, 0.1) is 15.6 Å². The molecular weight excluding hydrogens is 263 g/mol. The van der Waals surface area contributed by atoms with E-state index in [-0.39, 0.29) is 15.8 Å². The first-order valence-electron chi connectivity index (χ1n) is 4.33. The topological polar surface area (TPSA) is 34.9 Å². The van der Waals surface area contributed by atoms with Crippen LogP contribution in [0.2, 0.25) is 0 Å². The van der Waals surface area contributed by atoms with Crippen LogP contribution in [0.1, 0.15) is 5.69 Å². The highest BCUT2D eigenvalue weighted by Gasteiger charge is 2.09. The molecule has 15 heavy (non-hydrogen) atoms. The van der Waals surface area contributed by atoms with E-state index in [2.05, 4.69) is 21.0 Å². The molecule has 0 amide bonds. The summed E-state index contributed by atoms with van der Waals surface area (Å²) in [7, 11) is 1.58. The van der Waals surface area contributed by atoms with E-state index in [1.807, 2.05) is 0 Å². The van der Waals surface area contributed by atoms with Crippen molar-refractivity contribution in [1.82, 2.24) is 9.78 Å². The number of rotatable bonds is 0. The van der Waals surface area contributed by atoms with E-state index >= 15 is 0 Å². The molecule has 3 nitrogen and oxygen atoms in total. The van der Waals surface area contributed by atoms with Crippen molar-refractivity contribution < 1.29 is 4.39 Å². The normalized spacial score (nSPS) is 10.9. The maximum absolute atomic E-state index is 13.3. The number of hydrogen-bond acceptors (Lipinski definition) is 2. The largest absolute Gasteiger partial charge is 0.274 e. The SMILES string of the molecule is Cc1nn(C)c(=O)c2cc(Br)c(F)cc12. The Morgan fingerprint density at radius 1 is 1.40 bits per heavy atom. The van der Waals surface area contributed by atoms with Crippen LogP contribution in [0.25, 0.3) is 10.8 Å². The number of benzene rings is 1. The second-order valence-electron chi connectivity index (χ2n) is 3.33. The van der Waals surface area contributed by atoms with E-state index in [9.17, 15) is 9.18 Å². The average Bonchev–Trinajstić information content (AvgIpc) is 2.18. The van der Waals surface area contributed by atoms with E-state index in [0.717, 1.165) is 0 Å². The molecule has 1 heterocycles. The van der Waals surface area contributed by atoms with Gasteiger partial charge in [0.2, 0.25) is 0 Å². The molecule has 0 spiro atoms. The Labute approximate surface area is 93.7 Å². The van der Waals surface area contributed by atoms with Gasteiger partial charge in [-0.25, -0.2) is 9.07 Å². The van der Waals surface area contributed by atoms with Gasteiger partial charge in [-0.2, -0.15) is 5.10 Å². The van der Waals surface area contributed by atoms with Gasteiger partial charge in [0, 0.05) is 12.4 Å². The minimum Gasteiger partial charge on any atom is -0.267 e. The Morgan fingerprint density at radius 3 is 2.73 bits per heavy atom. The molecule has 2 rings (SSSR count). The maximum atomic E-state index is 13.3. The predicted octanol–water partition coefficient (Wildman–Crippen LogP) is 2.14. The summed E-state index contributed by atoms with van der Waals surface area (Å²) in [5.74, 6) is -0.388. The van der Waals surface area contributed by atoms with Gasteiger partial charge >= 0.3 is 0 Å². The number of hydrogen-bond donors (Lipinski definition) is 0. The maximum Gasteiger partial charge on any atom is 0.274 e. The average molecular weight is 271 g/mol. The van der Waals surface area contributed by atoms with Crippen molar-refractivity contribution in [2.45, 2.75) is 6.92 Å². The Kier molecular flexibility index (Phi) is 2.34. The highest BCUT2D eigenvalue weighted by molar-refractivity contribution is 9.10. The summed E-state index contributed by atoms with van der Waals surface area (Å²) >= 11 is 3.06. The fourth-order valence-corrected chi connectivity index (χ4v) is 1.87. The van der Waals surface area contributed by atoms with Crippen LogP contribution in [-0.2, 0) is 7.05 Å². The van der Waals surface area contributed by atoms with Gasteiger partial charge < -0.3 is 0 Å². The standard InChI is InChI=1S/C10H8BrFN2O/c1-5-6-4-9(12)8(11)3-7(6)10(15)14(2)13-5/h3-4H,1-2H3. The molecule has 2 aromatic rings. The zero-order valence-electron chi connectivity index (χ0n) is 8.21.